The molecule has 0 aliphatic carbocycles. The molecule has 0 fully saturated rings. The predicted molar refractivity (Wildman–Crippen MR) is 78.3 cm³/mol. The van der Waals surface area contributed by atoms with Crippen LogP contribution in [0.25, 0.3) is 0 Å². The van der Waals surface area contributed by atoms with Gasteiger partial charge >= 0.3 is 5.97 Å². The zero-order valence-corrected chi connectivity index (χ0v) is 13.4. The van der Waals surface area contributed by atoms with Gasteiger partial charge in [0.25, 0.3) is 5.91 Å². The smallest absolute Gasteiger partial charge is 0.325 e. The highest BCUT2D eigenvalue weighted by molar-refractivity contribution is 5.96. The Morgan fingerprint density at radius 1 is 1.17 bits per heavy atom. The molecule has 1 aromatic rings. The fraction of sp³-hybridized carbons (Fsp3) is 0.500. The summed E-state index contributed by atoms with van der Waals surface area (Å²) in [6, 6.07) is 1.49. The van der Waals surface area contributed by atoms with Crippen molar-refractivity contribution in [1.82, 2.24) is 4.90 Å². The molecule has 0 saturated carbocycles. The number of carbonyl (C=O) groups excluding carboxylic acids is 2. The fourth-order valence-corrected chi connectivity index (χ4v) is 1.89. The summed E-state index contributed by atoms with van der Waals surface area (Å²) in [6.45, 7) is 3.92. The molecule has 0 spiro atoms. The number of esters is 1. The molecule has 0 saturated heterocycles. The lowest BCUT2D eigenvalue weighted by atomic mass is 10.1. The number of amides is 1. The van der Waals surface area contributed by atoms with Crippen LogP contribution in [0.3, 0.4) is 0 Å². The van der Waals surface area contributed by atoms with E-state index in [1.54, 1.807) is 0 Å². The second-order valence-electron chi connectivity index (χ2n) is 5.64. The summed E-state index contributed by atoms with van der Waals surface area (Å²) in [7, 11) is 1.25. The number of benzene rings is 1. The number of carbonyl (C=O) groups is 2. The Morgan fingerprint density at radius 3 is 2.43 bits per heavy atom. The van der Waals surface area contributed by atoms with E-state index in [2.05, 4.69) is 0 Å². The van der Waals surface area contributed by atoms with E-state index < -0.39 is 41.4 Å². The van der Waals surface area contributed by atoms with Crippen LogP contribution >= 0.6 is 0 Å². The summed E-state index contributed by atoms with van der Waals surface area (Å²) in [6.07, 6.45) is 1.61. The van der Waals surface area contributed by atoms with Crippen LogP contribution < -0.4 is 0 Å². The van der Waals surface area contributed by atoms with Crippen LogP contribution in [0.1, 0.15) is 37.0 Å². The lowest BCUT2D eigenvalue weighted by Crippen LogP contribution is -2.34. The van der Waals surface area contributed by atoms with Gasteiger partial charge in [-0.2, -0.15) is 0 Å². The predicted octanol–water partition coefficient (Wildman–Crippen LogP) is 3.16. The van der Waals surface area contributed by atoms with Crippen LogP contribution in [-0.4, -0.2) is 37.0 Å². The number of hydrogen-bond donors (Lipinski definition) is 0. The van der Waals surface area contributed by atoms with E-state index >= 15 is 0 Å². The van der Waals surface area contributed by atoms with Crippen LogP contribution in [0.15, 0.2) is 12.1 Å². The van der Waals surface area contributed by atoms with Crippen molar-refractivity contribution in [3.05, 3.63) is 35.1 Å². The van der Waals surface area contributed by atoms with Crippen molar-refractivity contribution in [1.29, 1.82) is 0 Å². The molecule has 128 valence electrons. The number of halogens is 3. The monoisotopic (exact) mass is 331 g/mol. The van der Waals surface area contributed by atoms with Crippen molar-refractivity contribution in [3.63, 3.8) is 0 Å². The Bertz CT molecular complexity index is 576. The molecule has 0 bridgehead atoms. The van der Waals surface area contributed by atoms with E-state index in [-0.39, 0.29) is 6.61 Å². The Balaban J connectivity index is 2.57. The highest BCUT2D eigenvalue weighted by Crippen LogP contribution is 2.16. The van der Waals surface area contributed by atoms with Crippen LogP contribution in [0.5, 0.6) is 0 Å². The molecule has 0 aliphatic rings. The van der Waals surface area contributed by atoms with Gasteiger partial charge in [-0.05, 0) is 30.9 Å². The minimum atomic E-state index is -1.72. The number of hydrogen-bond acceptors (Lipinski definition) is 3. The maximum absolute atomic E-state index is 13.6. The molecule has 7 heteroatoms. The van der Waals surface area contributed by atoms with Crippen LogP contribution in [0.2, 0.25) is 0 Å². The molecule has 4 nitrogen and oxygen atoms in total. The van der Waals surface area contributed by atoms with Gasteiger partial charge < -0.3 is 9.64 Å². The first-order valence-corrected chi connectivity index (χ1v) is 7.28. The molecule has 0 radical (unpaired) electrons. The van der Waals surface area contributed by atoms with E-state index in [1.807, 2.05) is 13.8 Å². The molecule has 0 N–H and O–H groups in total. The molecule has 1 rings (SSSR count). The highest BCUT2D eigenvalue weighted by atomic mass is 19.2. The molecule has 1 aromatic carbocycles. The van der Waals surface area contributed by atoms with Crippen molar-refractivity contribution in [3.8, 4) is 0 Å². The third-order valence-electron chi connectivity index (χ3n) is 3.17. The van der Waals surface area contributed by atoms with Crippen molar-refractivity contribution >= 4 is 11.9 Å². The number of rotatable bonds is 7. The van der Waals surface area contributed by atoms with Crippen molar-refractivity contribution in [2.45, 2.75) is 26.7 Å². The minimum absolute atomic E-state index is 0.235. The summed E-state index contributed by atoms with van der Waals surface area (Å²) in [5, 5.41) is 0. The summed E-state index contributed by atoms with van der Waals surface area (Å²) in [5.74, 6) is -5.76. The molecular formula is C16H20F3NO3. The fourth-order valence-electron chi connectivity index (χ4n) is 1.89. The SMILES string of the molecule is CC(C)CCCOC(=O)CN(C)C(=O)c1ccc(F)c(F)c1F. The second kappa shape index (κ2) is 8.55. The van der Waals surface area contributed by atoms with Gasteiger partial charge in [0.2, 0.25) is 0 Å². The number of ether oxygens (including phenoxy) is 1. The van der Waals surface area contributed by atoms with E-state index in [0.29, 0.717) is 18.4 Å². The van der Waals surface area contributed by atoms with Gasteiger partial charge in [-0.1, -0.05) is 13.8 Å². The standard InChI is InChI=1S/C16H20F3NO3/c1-10(2)5-4-8-23-13(21)9-20(3)16(22)11-6-7-12(17)15(19)14(11)18/h6-7,10H,4-5,8-9H2,1-3H3. The third kappa shape index (κ3) is 5.58. The topological polar surface area (TPSA) is 46.6 Å². The lowest BCUT2D eigenvalue weighted by molar-refractivity contribution is -0.144. The Kier molecular flexibility index (Phi) is 7.06. The molecule has 0 aliphatic heterocycles. The quantitative estimate of drug-likeness (QED) is 0.438. The van der Waals surface area contributed by atoms with E-state index in [4.69, 9.17) is 4.74 Å². The average molecular weight is 331 g/mol. The van der Waals surface area contributed by atoms with Gasteiger partial charge in [-0.3, -0.25) is 9.59 Å². The first kappa shape index (κ1) is 19.0. The highest BCUT2D eigenvalue weighted by Gasteiger charge is 2.22. The molecule has 0 unspecified atom stereocenters. The minimum Gasteiger partial charge on any atom is -0.464 e. The maximum Gasteiger partial charge on any atom is 0.325 e. The number of nitrogens with zero attached hydrogens (tertiary/aromatic N) is 1. The van der Waals surface area contributed by atoms with Gasteiger partial charge in [0.05, 0.1) is 12.2 Å². The van der Waals surface area contributed by atoms with Crippen LogP contribution in [-0.2, 0) is 9.53 Å². The molecule has 0 atom stereocenters. The summed E-state index contributed by atoms with van der Waals surface area (Å²) < 4.78 is 44.5. The molecule has 0 aromatic heterocycles. The average Bonchev–Trinajstić information content (AvgIpc) is 2.48. The Hall–Kier alpha value is -2.05. The maximum atomic E-state index is 13.6. The van der Waals surface area contributed by atoms with Crippen molar-refractivity contribution in [2.75, 3.05) is 20.2 Å². The van der Waals surface area contributed by atoms with Crippen molar-refractivity contribution < 1.29 is 27.5 Å². The molecule has 0 heterocycles. The van der Waals surface area contributed by atoms with Crippen LogP contribution in [0, 0.1) is 23.4 Å². The second-order valence-corrected chi connectivity index (χ2v) is 5.64. The van der Waals surface area contributed by atoms with Gasteiger partial charge in [0.15, 0.2) is 17.5 Å². The largest absolute Gasteiger partial charge is 0.464 e. The zero-order valence-electron chi connectivity index (χ0n) is 13.4. The van der Waals surface area contributed by atoms with E-state index in [9.17, 15) is 22.8 Å². The van der Waals surface area contributed by atoms with Gasteiger partial charge in [-0.25, -0.2) is 13.2 Å². The van der Waals surface area contributed by atoms with Crippen molar-refractivity contribution in [2.24, 2.45) is 5.92 Å². The van der Waals surface area contributed by atoms with E-state index in [0.717, 1.165) is 17.4 Å². The lowest BCUT2D eigenvalue weighted by Gasteiger charge is -2.17. The molecule has 1 amide bonds. The summed E-state index contributed by atoms with van der Waals surface area (Å²) in [4.78, 5) is 24.5. The summed E-state index contributed by atoms with van der Waals surface area (Å²) >= 11 is 0. The number of likely N-dealkylation sites (N-methyl/N-ethyl adjacent to an activating group) is 1. The first-order valence-electron chi connectivity index (χ1n) is 7.28. The normalized spacial score (nSPS) is 10.7. The van der Waals surface area contributed by atoms with Crippen LogP contribution in [0.4, 0.5) is 13.2 Å². The first-order chi connectivity index (χ1) is 10.7. The Morgan fingerprint density at radius 2 is 1.83 bits per heavy atom. The Labute approximate surface area is 133 Å². The molecular weight excluding hydrogens is 311 g/mol. The van der Waals surface area contributed by atoms with E-state index in [1.165, 1.54) is 7.05 Å². The van der Waals surface area contributed by atoms with Gasteiger partial charge in [0.1, 0.15) is 6.54 Å². The molecule has 23 heavy (non-hydrogen) atoms. The third-order valence-corrected chi connectivity index (χ3v) is 3.17. The summed E-state index contributed by atoms with van der Waals surface area (Å²) in [5.41, 5.74) is -0.640. The van der Waals surface area contributed by atoms with Gasteiger partial charge in [-0.15, -0.1) is 0 Å². The zero-order chi connectivity index (χ0) is 17.6. The van der Waals surface area contributed by atoms with Gasteiger partial charge in [0, 0.05) is 7.05 Å².